The van der Waals surface area contributed by atoms with Crippen LogP contribution in [0.1, 0.15) is 25.3 Å². The zero-order valence-electron chi connectivity index (χ0n) is 17.1. The normalized spacial score (nSPS) is 17.8. The molecule has 1 aromatic heterocycles. The van der Waals surface area contributed by atoms with Crippen LogP contribution in [0.25, 0.3) is 0 Å². The van der Waals surface area contributed by atoms with Gasteiger partial charge in [-0.3, -0.25) is 9.67 Å². The molecule has 0 saturated carbocycles. The van der Waals surface area contributed by atoms with Gasteiger partial charge in [-0.1, -0.05) is 30.3 Å². The number of likely N-dealkylation sites (tertiary alicyclic amines) is 1. The van der Waals surface area contributed by atoms with E-state index in [1.54, 1.807) is 0 Å². The molecule has 1 aromatic carbocycles. The summed E-state index contributed by atoms with van der Waals surface area (Å²) in [5, 5.41) is 11.0. The Morgan fingerprint density at radius 1 is 1.18 bits per heavy atom. The first-order valence-electron chi connectivity index (χ1n) is 10.6. The molecule has 2 N–H and O–H groups in total. The van der Waals surface area contributed by atoms with Crippen molar-refractivity contribution >= 4 is 5.96 Å². The van der Waals surface area contributed by atoms with E-state index in [4.69, 9.17) is 4.99 Å². The summed E-state index contributed by atoms with van der Waals surface area (Å²) in [6.45, 7) is 9.24. The highest BCUT2D eigenvalue weighted by atomic mass is 15.3. The minimum Gasteiger partial charge on any atom is -0.357 e. The number of nitrogens with zero attached hydrogens (tertiary/aromatic N) is 4. The predicted octanol–water partition coefficient (Wildman–Crippen LogP) is 2.39. The summed E-state index contributed by atoms with van der Waals surface area (Å²) in [5.41, 5.74) is 1.43. The zero-order chi connectivity index (χ0) is 19.4. The molecule has 1 unspecified atom stereocenters. The molecule has 1 atom stereocenters. The summed E-state index contributed by atoms with van der Waals surface area (Å²) < 4.78 is 1.97. The van der Waals surface area contributed by atoms with Crippen LogP contribution in [0.3, 0.4) is 0 Å². The standard InChI is InChI=1S/C22H34N6/c1-2-23-22(24-12-6-14-28-15-7-13-26-28)25-18-21-11-17-27(19-21)16-10-20-8-4-3-5-9-20/h3-5,7-9,13,15,21H,2,6,10-12,14,16-19H2,1H3,(H2,23,24,25). The van der Waals surface area contributed by atoms with Gasteiger partial charge in [0.25, 0.3) is 0 Å². The molecule has 0 aliphatic carbocycles. The zero-order valence-corrected chi connectivity index (χ0v) is 17.1. The van der Waals surface area contributed by atoms with Crippen molar-refractivity contribution in [1.82, 2.24) is 25.3 Å². The van der Waals surface area contributed by atoms with Crippen molar-refractivity contribution < 1.29 is 0 Å². The Balaban J connectivity index is 1.35. The Labute approximate surface area is 169 Å². The lowest BCUT2D eigenvalue weighted by atomic mass is 10.1. The Bertz CT molecular complexity index is 682. The molecule has 0 radical (unpaired) electrons. The van der Waals surface area contributed by atoms with E-state index in [1.165, 1.54) is 18.5 Å². The summed E-state index contributed by atoms with van der Waals surface area (Å²) in [6.07, 6.45) is 7.24. The van der Waals surface area contributed by atoms with E-state index in [0.717, 1.165) is 58.1 Å². The van der Waals surface area contributed by atoms with E-state index < -0.39 is 0 Å². The third-order valence-corrected chi connectivity index (χ3v) is 5.20. The SMILES string of the molecule is CCNC(=NCC1CCN(CCc2ccccc2)C1)NCCCn1cccn1. The monoisotopic (exact) mass is 382 g/mol. The van der Waals surface area contributed by atoms with Gasteiger partial charge in [0.15, 0.2) is 5.96 Å². The number of aryl methyl sites for hydroxylation is 1. The number of nitrogens with one attached hydrogen (secondary N) is 2. The molecular formula is C22H34N6. The number of rotatable bonds is 10. The second kappa shape index (κ2) is 11.5. The fourth-order valence-corrected chi connectivity index (χ4v) is 3.64. The first-order chi connectivity index (χ1) is 13.8. The van der Waals surface area contributed by atoms with Crippen LogP contribution >= 0.6 is 0 Å². The van der Waals surface area contributed by atoms with E-state index >= 15 is 0 Å². The lowest BCUT2D eigenvalue weighted by Gasteiger charge is -2.16. The fourth-order valence-electron chi connectivity index (χ4n) is 3.64. The summed E-state index contributed by atoms with van der Waals surface area (Å²) in [6, 6.07) is 12.7. The van der Waals surface area contributed by atoms with Crippen molar-refractivity contribution in [2.24, 2.45) is 10.9 Å². The maximum atomic E-state index is 4.83. The molecule has 1 fully saturated rings. The Hall–Kier alpha value is -2.34. The topological polar surface area (TPSA) is 57.5 Å². The van der Waals surface area contributed by atoms with Crippen LogP contribution in [0.4, 0.5) is 0 Å². The Kier molecular flexibility index (Phi) is 8.37. The molecule has 2 aromatic rings. The highest BCUT2D eigenvalue weighted by molar-refractivity contribution is 5.79. The van der Waals surface area contributed by atoms with Gasteiger partial charge < -0.3 is 15.5 Å². The summed E-state index contributed by atoms with van der Waals surface area (Å²) in [5.74, 6) is 1.60. The second-order valence-corrected chi connectivity index (χ2v) is 7.46. The van der Waals surface area contributed by atoms with Crippen molar-refractivity contribution in [3.8, 4) is 0 Å². The van der Waals surface area contributed by atoms with Gasteiger partial charge >= 0.3 is 0 Å². The lowest BCUT2D eigenvalue weighted by Crippen LogP contribution is -2.38. The van der Waals surface area contributed by atoms with Crippen LogP contribution in [0.5, 0.6) is 0 Å². The molecule has 0 bridgehead atoms. The first kappa shape index (κ1) is 20.4. The van der Waals surface area contributed by atoms with Crippen LogP contribution in [-0.2, 0) is 13.0 Å². The molecule has 152 valence electrons. The number of guanidine groups is 1. The molecule has 1 aliphatic rings. The van der Waals surface area contributed by atoms with E-state index in [-0.39, 0.29) is 0 Å². The van der Waals surface area contributed by atoms with Crippen molar-refractivity contribution in [3.05, 3.63) is 54.4 Å². The van der Waals surface area contributed by atoms with Crippen LogP contribution in [0.15, 0.2) is 53.8 Å². The molecular weight excluding hydrogens is 348 g/mol. The number of hydrogen-bond donors (Lipinski definition) is 2. The van der Waals surface area contributed by atoms with Gasteiger partial charge in [-0.2, -0.15) is 5.10 Å². The van der Waals surface area contributed by atoms with Gasteiger partial charge in [0.2, 0.25) is 0 Å². The van der Waals surface area contributed by atoms with Crippen LogP contribution in [0, 0.1) is 5.92 Å². The maximum Gasteiger partial charge on any atom is 0.191 e. The quantitative estimate of drug-likeness (QED) is 0.376. The van der Waals surface area contributed by atoms with Crippen LogP contribution < -0.4 is 10.6 Å². The molecule has 0 spiro atoms. The number of aliphatic imine (C=N–C) groups is 1. The van der Waals surface area contributed by atoms with E-state index in [0.29, 0.717) is 5.92 Å². The molecule has 1 aliphatic heterocycles. The van der Waals surface area contributed by atoms with E-state index in [1.807, 2.05) is 23.1 Å². The molecule has 6 heteroatoms. The van der Waals surface area contributed by atoms with Crippen molar-refractivity contribution in [2.45, 2.75) is 32.7 Å². The Morgan fingerprint density at radius 2 is 2.07 bits per heavy atom. The van der Waals surface area contributed by atoms with Crippen molar-refractivity contribution in [2.75, 3.05) is 39.3 Å². The van der Waals surface area contributed by atoms with Gasteiger partial charge in [-0.15, -0.1) is 0 Å². The summed E-state index contributed by atoms with van der Waals surface area (Å²) in [7, 11) is 0. The first-order valence-corrected chi connectivity index (χ1v) is 10.6. The van der Waals surface area contributed by atoms with Crippen LogP contribution in [0.2, 0.25) is 0 Å². The van der Waals surface area contributed by atoms with Crippen molar-refractivity contribution in [3.63, 3.8) is 0 Å². The fraction of sp³-hybridized carbons (Fsp3) is 0.545. The average Bonchev–Trinajstić information content (AvgIpc) is 3.40. The third kappa shape index (κ3) is 7.00. The van der Waals surface area contributed by atoms with Crippen molar-refractivity contribution in [1.29, 1.82) is 0 Å². The number of aromatic nitrogens is 2. The molecule has 1 saturated heterocycles. The molecule has 28 heavy (non-hydrogen) atoms. The van der Waals surface area contributed by atoms with E-state index in [9.17, 15) is 0 Å². The molecule has 3 rings (SSSR count). The van der Waals surface area contributed by atoms with Gasteiger partial charge in [0, 0.05) is 51.7 Å². The smallest absolute Gasteiger partial charge is 0.191 e. The van der Waals surface area contributed by atoms with Gasteiger partial charge in [0.1, 0.15) is 0 Å². The number of hydrogen-bond acceptors (Lipinski definition) is 3. The molecule has 0 amide bonds. The molecule has 6 nitrogen and oxygen atoms in total. The molecule has 2 heterocycles. The highest BCUT2D eigenvalue weighted by Crippen LogP contribution is 2.17. The van der Waals surface area contributed by atoms with Gasteiger partial charge in [-0.05, 0) is 50.3 Å². The minimum atomic E-state index is 0.662. The number of benzene rings is 1. The summed E-state index contributed by atoms with van der Waals surface area (Å²) in [4.78, 5) is 7.41. The van der Waals surface area contributed by atoms with E-state index in [2.05, 4.69) is 57.9 Å². The Morgan fingerprint density at radius 3 is 2.86 bits per heavy atom. The third-order valence-electron chi connectivity index (χ3n) is 5.20. The average molecular weight is 383 g/mol. The highest BCUT2D eigenvalue weighted by Gasteiger charge is 2.21. The minimum absolute atomic E-state index is 0.662. The van der Waals surface area contributed by atoms with Crippen LogP contribution in [-0.4, -0.2) is 59.9 Å². The predicted molar refractivity (Wildman–Crippen MR) is 116 cm³/mol. The van der Waals surface area contributed by atoms with Gasteiger partial charge in [0.05, 0.1) is 0 Å². The maximum absolute atomic E-state index is 4.83. The summed E-state index contributed by atoms with van der Waals surface area (Å²) >= 11 is 0. The second-order valence-electron chi connectivity index (χ2n) is 7.46. The van der Waals surface area contributed by atoms with Gasteiger partial charge in [-0.25, -0.2) is 0 Å². The lowest BCUT2D eigenvalue weighted by molar-refractivity contribution is 0.329. The largest absolute Gasteiger partial charge is 0.357 e.